The molecular formula is C10H15N5. The minimum Gasteiger partial charge on any atom is -0.367 e. The molecule has 0 radical (unpaired) electrons. The van der Waals surface area contributed by atoms with E-state index < -0.39 is 0 Å². The lowest BCUT2D eigenvalue weighted by molar-refractivity contribution is 0.737. The van der Waals surface area contributed by atoms with Gasteiger partial charge in [0.1, 0.15) is 5.52 Å². The number of nitrogens with one attached hydrogen (secondary N) is 2. The Morgan fingerprint density at radius 3 is 3.13 bits per heavy atom. The van der Waals surface area contributed by atoms with Gasteiger partial charge in [0.25, 0.3) is 0 Å². The molecule has 0 bridgehead atoms. The van der Waals surface area contributed by atoms with Crippen molar-refractivity contribution in [3.05, 3.63) is 24.7 Å². The van der Waals surface area contributed by atoms with E-state index in [0.29, 0.717) is 0 Å². The van der Waals surface area contributed by atoms with Gasteiger partial charge in [-0.25, -0.2) is 9.50 Å². The molecule has 2 heterocycles. The van der Waals surface area contributed by atoms with Gasteiger partial charge in [0.15, 0.2) is 5.82 Å². The van der Waals surface area contributed by atoms with E-state index in [2.05, 4.69) is 27.6 Å². The maximum absolute atomic E-state index is 4.28. The van der Waals surface area contributed by atoms with Crippen molar-refractivity contribution < 1.29 is 0 Å². The highest BCUT2D eigenvalue weighted by Gasteiger charge is 2.00. The molecule has 2 aromatic rings. The Morgan fingerprint density at radius 1 is 1.33 bits per heavy atom. The number of fused-ring (bicyclic) bond motifs is 1. The number of anilines is 1. The van der Waals surface area contributed by atoms with Gasteiger partial charge in [0.2, 0.25) is 0 Å². The van der Waals surface area contributed by atoms with E-state index >= 15 is 0 Å². The molecule has 0 aliphatic carbocycles. The van der Waals surface area contributed by atoms with Crippen LogP contribution in [0.4, 0.5) is 5.82 Å². The lowest BCUT2D eigenvalue weighted by Crippen LogP contribution is -2.22. The quantitative estimate of drug-likeness (QED) is 0.707. The molecule has 0 spiro atoms. The second-order valence-corrected chi connectivity index (χ2v) is 3.22. The van der Waals surface area contributed by atoms with Crippen LogP contribution < -0.4 is 10.6 Å². The van der Waals surface area contributed by atoms with E-state index in [1.54, 1.807) is 12.4 Å². The molecule has 2 N–H and O–H groups in total. The molecule has 0 amide bonds. The van der Waals surface area contributed by atoms with E-state index in [-0.39, 0.29) is 0 Å². The molecule has 2 aromatic heterocycles. The molecule has 0 aromatic carbocycles. The fraction of sp³-hybridized carbons (Fsp3) is 0.400. The van der Waals surface area contributed by atoms with Gasteiger partial charge >= 0.3 is 0 Å². The summed E-state index contributed by atoms with van der Waals surface area (Å²) in [4.78, 5) is 4.28. The van der Waals surface area contributed by atoms with Gasteiger partial charge in [0.05, 0.1) is 6.20 Å². The van der Waals surface area contributed by atoms with Crippen LogP contribution in [0.5, 0.6) is 0 Å². The van der Waals surface area contributed by atoms with Gasteiger partial charge in [-0.05, 0) is 12.6 Å². The SMILES string of the molecule is CCNCCNc1nccn2nccc12. The molecule has 0 saturated heterocycles. The maximum atomic E-state index is 4.28. The Hall–Kier alpha value is -1.62. The van der Waals surface area contributed by atoms with Crippen LogP contribution in [-0.4, -0.2) is 34.2 Å². The minimum absolute atomic E-state index is 0.867. The highest BCUT2D eigenvalue weighted by molar-refractivity contribution is 5.66. The maximum Gasteiger partial charge on any atom is 0.152 e. The standard InChI is InChI=1S/C10H15N5/c1-2-11-5-6-12-10-9-3-4-14-15(9)8-7-13-10/h3-4,7-8,11H,2,5-6H2,1H3,(H,12,13). The molecule has 0 unspecified atom stereocenters. The minimum atomic E-state index is 0.867. The summed E-state index contributed by atoms with van der Waals surface area (Å²) in [5.41, 5.74) is 1.01. The Bertz CT molecular complexity index is 422. The van der Waals surface area contributed by atoms with Crippen molar-refractivity contribution in [2.45, 2.75) is 6.92 Å². The third-order valence-electron chi connectivity index (χ3n) is 2.17. The summed E-state index contributed by atoms with van der Waals surface area (Å²) in [7, 11) is 0. The predicted molar refractivity (Wildman–Crippen MR) is 60.0 cm³/mol. The molecule has 5 nitrogen and oxygen atoms in total. The number of likely N-dealkylation sites (N-methyl/N-ethyl adjacent to an activating group) is 1. The second kappa shape index (κ2) is 4.75. The lowest BCUT2D eigenvalue weighted by atomic mass is 10.4. The first kappa shape index (κ1) is 9.92. The van der Waals surface area contributed by atoms with Crippen LogP contribution in [0.3, 0.4) is 0 Å². The van der Waals surface area contributed by atoms with Gasteiger partial charge in [-0.1, -0.05) is 6.92 Å². The molecule has 2 rings (SSSR count). The van der Waals surface area contributed by atoms with Crippen molar-refractivity contribution in [1.82, 2.24) is 19.9 Å². The van der Waals surface area contributed by atoms with Crippen LogP contribution in [0.25, 0.3) is 5.52 Å². The second-order valence-electron chi connectivity index (χ2n) is 3.22. The van der Waals surface area contributed by atoms with Crippen molar-refractivity contribution >= 4 is 11.3 Å². The number of aromatic nitrogens is 3. The molecule has 5 heteroatoms. The van der Waals surface area contributed by atoms with E-state index in [4.69, 9.17) is 0 Å². The summed E-state index contributed by atoms with van der Waals surface area (Å²) in [6.07, 6.45) is 5.35. The van der Waals surface area contributed by atoms with Crippen LogP contribution in [0, 0.1) is 0 Å². The van der Waals surface area contributed by atoms with E-state index in [9.17, 15) is 0 Å². The molecule has 0 aliphatic heterocycles. The number of rotatable bonds is 5. The molecule has 15 heavy (non-hydrogen) atoms. The molecule has 0 fully saturated rings. The zero-order valence-electron chi connectivity index (χ0n) is 8.77. The van der Waals surface area contributed by atoms with Gasteiger partial charge in [-0.2, -0.15) is 5.10 Å². The third kappa shape index (κ3) is 2.24. The van der Waals surface area contributed by atoms with Crippen LogP contribution >= 0.6 is 0 Å². The van der Waals surface area contributed by atoms with Crippen molar-refractivity contribution in [3.8, 4) is 0 Å². The Kier molecular flexibility index (Phi) is 3.14. The number of nitrogens with zero attached hydrogens (tertiary/aromatic N) is 3. The average Bonchev–Trinajstić information content (AvgIpc) is 2.73. The van der Waals surface area contributed by atoms with Crippen LogP contribution in [0.15, 0.2) is 24.7 Å². The summed E-state index contributed by atoms with van der Waals surface area (Å²) in [5.74, 6) is 0.882. The Morgan fingerprint density at radius 2 is 2.27 bits per heavy atom. The van der Waals surface area contributed by atoms with Crippen LogP contribution in [0.1, 0.15) is 6.92 Å². The van der Waals surface area contributed by atoms with Crippen LogP contribution in [0.2, 0.25) is 0 Å². The van der Waals surface area contributed by atoms with E-state index in [1.165, 1.54) is 0 Å². The molecular weight excluding hydrogens is 190 g/mol. The van der Waals surface area contributed by atoms with Crippen molar-refractivity contribution in [2.75, 3.05) is 25.0 Å². The van der Waals surface area contributed by atoms with Gasteiger partial charge in [-0.15, -0.1) is 0 Å². The summed E-state index contributed by atoms with van der Waals surface area (Å²) >= 11 is 0. The van der Waals surface area contributed by atoms with Gasteiger partial charge in [0, 0.05) is 25.5 Å². The Balaban J connectivity index is 2.04. The average molecular weight is 205 g/mol. The molecule has 0 atom stereocenters. The molecule has 80 valence electrons. The van der Waals surface area contributed by atoms with Crippen molar-refractivity contribution in [2.24, 2.45) is 0 Å². The molecule has 0 aliphatic rings. The van der Waals surface area contributed by atoms with Crippen LogP contribution in [-0.2, 0) is 0 Å². The zero-order valence-corrected chi connectivity index (χ0v) is 8.77. The van der Waals surface area contributed by atoms with Gasteiger partial charge < -0.3 is 10.6 Å². The largest absolute Gasteiger partial charge is 0.367 e. The zero-order chi connectivity index (χ0) is 10.5. The monoisotopic (exact) mass is 205 g/mol. The van der Waals surface area contributed by atoms with Gasteiger partial charge in [-0.3, -0.25) is 0 Å². The fourth-order valence-corrected chi connectivity index (χ4v) is 1.44. The topological polar surface area (TPSA) is 54.2 Å². The first-order valence-electron chi connectivity index (χ1n) is 5.14. The lowest BCUT2D eigenvalue weighted by Gasteiger charge is -2.06. The van der Waals surface area contributed by atoms with E-state index in [1.807, 2.05) is 16.8 Å². The fourth-order valence-electron chi connectivity index (χ4n) is 1.44. The van der Waals surface area contributed by atoms with E-state index in [0.717, 1.165) is 31.0 Å². The number of hydrogen-bond donors (Lipinski definition) is 2. The Labute approximate surface area is 88.5 Å². The van der Waals surface area contributed by atoms with Crippen molar-refractivity contribution in [1.29, 1.82) is 0 Å². The summed E-state index contributed by atoms with van der Waals surface area (Å²) < 4.78 is 1.81. The highest BCUT2D eigenvalue weighted by Crippen LogP contribution is 2.11. The molecule has 0 saturated carbocycles. The first-order chi connectivity index (χ1) is 7.42. The highest BCUT2D eigenvalue weighted by atomic mass is 15.2. The normalized spacial score (nSPS) is 10.7. The predicted octanol–water partition coefficient (Wildman–Crippen LogP) is 0.751. The summed E-state index contributed by atoms with van der Waals surface area (Å²) in [5, 5.41) is 10.7. The number of hydrogen-bond acceptors (Lipinski definition) is 4. The summed E-state index contributed by atoms with van der Waals surface area (Å²) in [6, 6.07) is 1.95. The summed E-state index contributed by atoms with van der Waals surface area (Å²) in [6.45, 7) is 4.89. The third-order valence-corrected chi connectivity index (χ3v) is 2.17. The van der Waals surface area contributed by atoms with Crippen molar-refractivity contribution in [3.63, 3.8) is 0 Å². The smallest absolute Gasteiger partial charge is 0.152 e. The first-order valence-corrected chi connectivity index (χ1v) is 5.14.